The third-order valence-electron chi connectivity index (χ3n) is 2.36. The molecular weight excluding hydrogens is 160 g/mol. The highest BCUT2D eigenvalue weighted by Crippen LogP contribution is 2.11. The maximum Gasteiger partial charge on any atom is 0.0573 e. The summed E-state index contributed by atoms with van der Waals surface area (Å²) >= 11 is 0. The first kappa shape index (κ1) is 12.7. The molecule has 0 aromatic heterocycles. The largest absolute Gasteiger partial charge is 0.375 e. The minimum absolute atomic E-state index is 0.376. The summed E-state index contributed by atoms with van der Waals surface area (Å²) in [6.07, 6.45) is 7.30. The molecule has 0 aliphatic rings. The smallest absolute Gasteiger partial charge is 0.0573 e. The lowest BCUT2D eigenvalue weighted by Gasteiger charge is -2.21. The predicted molar refractivity (Wildman–Crippen MR) is 58.9 cm³/mol. The Morgan fingerprint density at radius 1 is 1.15 bits per heavy atom. The van der Waals surface area contributed by atoms with Crippen LogP contribution in [0.5, 0.6) is 0 Å². The van der Waals surface area contributed by atoms with E-state index < -0.39 is 0 Å². The zero-order chi connectivity index (χ0) is 10.3. The molecule has 1 heteroatoms. The molecule has 0 aromatic rings. The maximum absolute atomic E-state index is 5.82. The highest BCUT2D eigenvalue weighted by Gasteiger charge is 2.10. The van der Waals surface area contributed by atoms with Crippen molar-refractivity contribution in [3.05, 3.63) is 12.2 Å². The van der Waals surface area contributed by atoms with Crippen molar-refractivity contribution in [1.29, 1.82) is 0 Å². The van der Waals surface area contributed by atoms with Gasteiger partial charge in [-0.05, 0) is 39.5 Å². The number of rotatable bonds is 6. The van der Waals surface area contributed by atoms with Gasteiger partial charge in [0.2, 0.25) is 0 Å². The molecule has 0 aliphatic heterocycles. The second kappa shape index (κ2) is 7.14. The predicted octanol–water partition coefficient (Wildman–Crippen LogP) is 3.79. The van der Waals surface area contributed by atoms with E-state index in [0.717, 1.165) is 12.8 Å². The van der Waals surface area contributed by atoms with Crippen LogP contribution in [0.15, 0.2) is 12.2 Å². The maximum atomic E-state index is 5.82. The van der Waals surface area contributed by atoms with Gasteiger partial charge in [0.05, 0.1) is 12.2 Å². The summed E-state index contributed by atoms with van der Waals surface area (Å²) < 4.78 is 5.82. The summed E-state index contributed by atoms with van der Waals surface area (Å²) in [6, 6.07) is 0. The van der Waals surface area contributed by atoms with E-state index >= 15 is 0 Å². The quantitative estimate of drug-likeness (QED) is 0.571. The summed E-state index contributed by atoms with van der Waals surface area (Å²) in [7, 11) is 0. The van der Waals surface area contributed by atoms with Gasteiger partial charge in [-0.3, -0.25) is 0 Å². The molecule has 0 N–H and O–H groups in total. The first-order valence-corrected chi connectivity index (χ1v) is 5.34. The van der Waals surface area contributed by atoms with Crippen LogP contribution in [-0.4, -0.2) is 12.2 Å². The third-order valence-corrected chi connectivity index (χ3v) is 2.36. The summed E-state index contributed by atoms with van der Waals surface area (Å²) in [4.78, 5) is 0. The van der Waals surface area contributed by atoms with Gasteiger partial charge in [0.15, 0.2) is 0 Å². The second-order valence-corrected chi connectivity index (χ2v) is 4.04. The van der Waals surface area contributed by atoms with Crippen molar-refractivity contribution in [3.8, 4) is 0 Å². The normalized spacial score (nSPS) is 16.8. The van der Waals surface area contributed by atoms with E-state index in [4.69, 9.17) is 4.74 Å². The molecule has 0 saturated carbocycles. The molecule has 0 aliphatic carbocycles. The van der Waals surface area contributed by atoms with E-state index in [-0.39, 0.29) is 0 Å². The second-order valence-electron chi connectivity index (χ2n) is 4.04. The van der Waals surface area contributed by atoms with Crippen molar-refractivity contribution in [3.63, 3.8) is 0 Å². The summed E-state index contributed by atoms with van der Waals surface area (Å²) in [5.41, 5.74) is 0. The Morgan fingerprint density at radius 2 is 1.77 bits per heavy atom. The van der Waals surface area contributed by atoms with Crippen molar-refractivity contribution in [2.24, 2.45) is 5.92 Å². The lowest BCUT2D eigenvalue weighted by atomic mass is 10.1. The Morgan fingerprint density at radius 3 is 2.23 bits per heavy atom. The highest BCUT2D eigenvalue weighted by atomic mass is 16.5. The Bertz CT molecular complexity index is 138. The van der Waals surface area contributed by atoms with E-state index in [1.54, 1.807) is 0 Å². The van der Waals surface area contributed by atoms with Crippen molar-refractivity contribution in [2.45, 2.75) is 59.7 Å². The van der Waals surface area contributed by atoms with Crippen LogP contribution >= 0.6 is 0 Å². The lowest BCUT2D eigenvalue weighted by Crippen LogP contribution is -2.21. The molecule has 13 heavy (non-hydrogen) atoms. The molecule has 2 unspecified atom stereocenters. The molecule has 0 bridgehead atoms. The first-order valence-electron chi connectivity index (χ1n) is 5.34. The van der Waals surface area contributed by atoms with Gasteiger partial charge in [-0.2, -0.15) is 0 Å². The van der Waals surface area contributed by atoms with Crippen molar-refractivity contribution >= 4 is 0 Å². The van der Waals surface area contributed by atoms with Crippen LogP contribution in [0.4, 0.5) is 0 Å². The lowest BCUT2D eigenvalue weighted by molar-refractivity contribution is -0.0188. The Kier molecular flexibility index (Phi) is 6.97. The van der Waals surface area contributed by atoms with Gasteiger partial charge < -0.3 is 4.74 Å². The first-order chi connectivity index (χ1) is 6.07. The van der Waals surface area contributed by atoms with Gasteiger partial charge >= 0.3 is 0 Å². The molecule has 0 radical (unpaired) electrons. The Labute approximate surface area is 83.2 Å². The molecule has 0 saturated heterocycles. The zero-order valence-electron chi connectivity index (χ0n) is 9.71. The average Bonchev–Trinajstić information content (AvgIpc) is 2.04. The average molecular weight is 184 g/mol. The molecule has 0 aromatic carbocycles. The van der Waals surface area contributed by atoms with Crippen LogP contribution in [0.25, 0.3) is 0 Å². The molecular formula is C12H24O. The van der Waals surface area contributed by atoms with Gasteiger partial charge in [0.25, 0.3) is 0 Å². The van der Waals surface area contributed by atoms with Crippen LogP contribution in [0.1, 0.15) is 47.5 Å². The fourth-order valence-corrected chi connectivity index (χ4v) is 1.09. The van der Waals surface area contributed by atoms with Gasteiger partial charge in [0, 0.05) is 0 Å². The van der Waals surface area contributed by atoms with Gasteiger partial charge in [-0.1, -0.05) is 26.0 Å². The van der Waals surface area contributed by atoms with Crippen molar-refractivity contribution in [1.82, 2.24) is 0 Å². The zero-order valence-corrected chi connectivity index (χ0v) is 9.71. The minimum atomic E-state index is 0.376. The number of hydrogen-bond donors (Lipinski definition) is 0. The molecule has 78 valence electrons. The molecule has 2 atom stereocenters. The number of ether oxygens (including phenoxy) is 1. The van der Waals surface area contributed by atoms with E-state index in [0.29, 0.717) is 18.1 Å². The summed E-state index contributed by atoms with van der Waals surface area (Å²) in [5.74, 6) is 0.615. The molecule has 0 fully saturated rings. The Hall–Kier alpha value is -0.300. The van der Waals surface area contributed by atoms with Crippen molar-refractivity contribution < 1.29 is 4.74 Å². The molecule has 0 spiro atoms. The van der Waals surface area contributed by atoms with Gasteiger partial charge in [-0.15, -0.1) is 0 Å². The topological polar surface area (TPSA) is 9.23 Å². The van der Waals surface area contributed by atoms with E-state index in [9.17, 15) is 0 Å². The minimum Gasteiger partial charge on any atom is -0.375 e. The fourth-order valence-electron chi connectivity index (χ4n) is 1.09. The molecule has 0 rings (SSSR count). The van der Waals surface area contributed by atoms with E-state index in [1.807, 2.05) is 0 Å². The standard InChI is InChI=1S/C12H24O/c1-6-7-8-9-11(4)13-12(5)10(2)3/h6-7,10-12H,8-9H2,1-5H3. The highest BCUT2D eigenvalue weighted by molar-refractivity contribution is 4.77. The van der Waals surface area contributed by atoms with Crippen molar-refractivity contribution in [2.75, 3.05) is 0 Å². The van der Waals surface area contributed by atoms with E-state index in [1.165, 1.54) is 0 Å². The Balaban J connectivity index is 3.55. The van der Waals surface area contributed by atoms with Gasteiger partial charge in [0.1, 0.15) is 0 Å². The van der Waals surface area contributed by atoms with Crippen LogP contribution in [0, 0.1) is 5.92 Å². The molecule has 0 heterocycles. The van der Waals surface area contributed by atoms with Crippen LogP contribution in [0.3, 0.4) is 0 Å². The number of allylic oxidation sites excluding steroid dienone is 2. The van der Waals surface area contributed by atoms with Gasteiger partial charge in [-0.25, -0.2) is 0 Å². The van der Waals surface area contributed by atoms with E-state index in [2.05, 4.69) is 46.8 Å². The van der Waals surface area contributed by atoms with Crippen LogP contribution in [-0.2, 0) is 4.74 Å². The number of hydrogen-bond acceptors (Lipinski definition) is 1. The molecule has 0 amide bonds. The third kappa shape index (κ3) is 6.83. The van der Waals surface area contributed by atoms with Crippen LogP contribution < -0.4 is 0 Å². The summed E-state index contributed by atoms with van der Waals surface area (Å²) in [6.45, 7) is 10.8. The summed E-state index contributed by atoms with van der Waals surface area (Å²) in [5, 5.41) is 0. The van der Waals surface area contributed by atoms with Crippen LogP contribution in [0.2, 0.25) is 0 Å². The fraction of sp³-hybridized carbons (Fsp3) is 0.833. The molecule has 1 nitrogen and oxygen atoms in total. The SMILES string of the molecule is CC=CCCC(C)OC(C)C(C)C. The monoisotopic (exact) mass is 184 g/mol.